The molecule has 1 aromatic carbocycles. The average molecular weight is 325 g/mol. The summed E-state index contributed by atoms with van der Waals surface area (Å²) in [6.07, 6.45) is 3.80. The van der Waals surface area contributed by atoms with Gasteiger partial charge in [-0.25, -0.2) is 4.98 Å². The lowest BCUT2D eigenvalue weighted by Crippen LogP contribution is -2.28. The number of ether oxygens (including phenoxy) is 1. The number of hydrogen-bond acceptors (Lipinski definition) is 4. The van der Waals surface area contributed by atoms with Gasteiger partial charge in [0.2, 0.25) is 0 Å². The van der Waals surface area contributed by atoms with Gasteiger partial charge in [-0.05, 0) is 30.5 Å². The lowest BCUT2D eigenvalue weighted by molar-refractivity contribution is 0.197. The van der Waals surface area contributed by atoms with Gasteiger partial charge in [0.05, 0.1) is 11.6 Å². The molecule has 0 bridgehead atoms. The van der Waals surface area contributed by atoms with Crippen molar-refractivity contribution in [2.75, 3.05) is 26.8 Å². The Labute approximate surface area is 135 Å². The molecule has 2 aromatic rings. The van der Waals surface area contributed by atoms with Crippen LogP contribution in [0.5, 0.6) is 0 Å². The van der Waals surface area contributed by atoms with Crippen LogP contribution < -0.4 is 5.32 Å². The molecule has 1 N–H and O–H groups in total. The van der Waals surface area contributed by atoms with Crippen molar-refractivity contribution in [3.8, 4) is 0 Å². The Balaban J connectivity index is 1.95. The summed E-state index contributed by atoms with van der Waals surface area (Å²) < 4.78 is 5.07. The lowest BCUT2D eigenvalue weighted by atomic mass is 9.96. The van der Waals surface area contributed by atoms with Crippen LogP contribution in [0.4, 0.5) is 0 Å². The minimum Gasteiger partial charge on any atom is -0.383 e. The van der Waals surface area contributed by atoms with E-state index in [1.807, 2.05) is 29.8 Å². The molecule has 5 heteroatoms. The molecule has 0 aliphatic heterocycles. The normalized spacial score (nSPS) is 12.5. The largest absolute Gasteiger partial charge is 0.383 e. The number of nitrogens with one attached hydrogen (secondary N) is 1. The number of hydrogen-bond donors (Lipinski definition) is 1. The van der Waals surface area contributed by atoms with E-state index in [0.717, 1.165) is 37.6 Å². The number of halogens is 1. The fraction of sp³-hybridized carbons (Fsp3) is 0.438. The molecule has 0 saturated carbocycles. The van der Waals surface area contributed by atoms with Gasteiger partial charge in [0.25, 0.3) is 0 Å². The number of nitrogens with zero attached hydrogens (tertiary/aromatic N) is 1. The number of rotatable bonds is 9. The molecule has 0 amide bonds. The highest BCUT2D eigenvalue weighted by atomic mass is 35.5. The zero-order valence-corrected chi connectivity index (χ0v) is 13.8. The maximum atomic E-state index is 6.28. The molecule has 1 unspecified atom stereocenters. The van der Waals surface area contributed by atoms with Crippen LogP contribution in [-0.2, 0) is 17.6 Å². The van der Waals surface area contributed by atoms with Crippen LogP contribution in [0, 0.1) is 5.92 Å². The predicted octanol–water partition coefficient (Wildman–Crippen LogP) is 3.43. The van der Waals surface area contributed by atoms with Crippen molar-refractivity contribution in [1.82, 2.24) is 10.3 Å². The highest BCUT2D eigenvalue weighted by Gasteiger charge is 2.13. The summed E-state index contributed by atoms with van der Waals surface area (Å²) in [5, 5.41) is 7.50. The summed E-state index contributed by atoms with van der Waals surface area (Å²) in [5.41, 5.74) is 1.20. The summed E-state index contributed by atoms with van der Waals surface area (Å²) in [4.78, 5) is 4.40. The molecule has 21 heavy (non-hydrogen) atoms. The molecule has 2 rings (SSSR count). The van der Waals surface area contributed by atoms with Gasteiger partial charge in [-0.3, -0.25) is 0 Å². The molecule has 1 heterocycles. The summed E-state index contributed by atoms with van der Waals surface area (Å²) in [7, 11) is 1.72. The Morgan fingerprint density at radius 1 is 1.33 bits per heavy atom. The van der Waals surface area contributed by atoms with Crippen LogP contribution in [0.1, 0.15) is 10.6 Å². The molecule has 0 fully saturated rings. The molecule has 114 valence electrons. The smallest absolute Gasteiger partial charge is 0.0928 e. The van der Waals surface area contributed by atoms with Crippen LogP contribution >= 0.6 is 22.9 Å². The van der Waals surface area contributed by atoms with Gasteiger partial charge in [-0.2, -0.15) is 0 Å². The SMILES string of the molecule is COCCNCC(Cc1nccs1)Cc1ccccc1Cl. The van der Waals surface area contributed by atoms with E-state index >= 15 is 0 Å². The van der Waals surface area contributed by atoms with E-state index in [9.17, 15) is 0 Å². The molecule has 0 aliphatic carbocycles. The van der Waals surface area contributed by atoms with Crippen LogP contribution in [0.2, 0.25) is 5.02 Å². The Hall–Kier alpha value is -0.940. The molecule has 0 spiro atoms. The zero-order valence-electron chi connectivity index (χ0n) is 12.2. The highest BCUT2D eigenvalue weighted by molar-refractivity contribution is 7.09. The van der Waals surface area contributed by atoms with E-state index in [0.29, 0.717) is 5.92 Å². The van der Waals surface area contributed by atoms with E-state index in [1.165, 1.54) is 10.6 Å². The Morgan fingerprint density at radius 2 is 2.19 bits per heavy atom. The molecule has 0 radical (unpaired) electrons. The summed E-state index contributed by atoms with van der Waals surface area (Å²) in [6.45, 7) is 2.54. The van der Waals surface area contributed by atoms with Crippen LogP contribution in [-0.4, -0.2) is 31.8 Å². The van der Waals surface area contributed by atoms with Crippen LogP contribution in [0.25, 0.3) is 0 Å². The third-order valence-electron chi connectivity index (χ3n) is 3.33. The summed E-state index contributed by atoms with van der Waals surface area (Å²) in [5.74, 6) is 0.480. The monoisotopic (exact) mass is 324 g/mol. The number of benzene rings is 1. The summed E-state index contributed by atoms with van der Waals surface area (Å²) in [6, 6.07) is 8.07. The Morgan fingerprint density at radius 3 is 2.90 bits per heavy atom. The van der Waals surface area contributed by atoms with Gasteiger partial charge in [-0.15, -0.1) is 11.3 Å². The van der Waals surface area contributed by atoms with Crippen LogP contribution in [0.3, 0.4) is 0 Å². The van der Waals surface area contributed by atoms with Crippen molar-refractivity contribution < 1.29 is 4.74 Å². The van der Waals surface area contributed by atoms with Crippen molar-refractivity contribution in [2.24, 2.45) is 5.92 Å². The second kappa shape index (κ2) is 9.15. The number of methoxy groups -OCH3 is 1. The second-order valence-electron chi connectivity index (χ2n) is 4.99. The molecular weight excluding hydrogens is 304 g/mol. The van der Waals surface area contributed by atoms with E-state index < -0.39 is 0 Å². The third kappa shape index (κ3) is 5.75. The minimum absolute atomic E-state index is 0.480. The number of aromatic nitrogens is 1. The Bertz CT molecular complexity index is 519. The standard InChI is InChI=1S/C16H21ClN2OS/c1-20-8-6-18-12-13(11-16-19-7-9-21-16)10-14-4-2-3-5-15(14)17/h2-5,7,9,13,18H,6,8,10-12H2,1H3. The second-order valence-corrected chi connectivity index (χ2v) is 6.37. The van der Waals surface area contributed by atoms with Crippen molar-refractivity contribution in [3.05, 3.63) is 51.4 Å². The van der Waals surface area contributed by atoms with E-state index in [2.05, 4.69) is 16.4 Å². The first-order valence-corrected chi connectivity index (χ1v) is 8.36. The molecule has 1 aromatic heterocycles. The van der Waals surface area contributed by atoms with E-state index in [-0.39, 0.29) is 0 Å². The third-order valence-corrected chi connectivity index (χ3v) is 4.50. The van der Waals surface area contributed by atoms with Gasteiger partial charge in [0.1, 0.15) is 0 Å². The zero-order chi connectivity index (χ0) is 14.9. The minimum atomic E-state index is 0.480. The topological polar surface area (TPSA) is 34.1 Å². The van der Waals surface area contributed by atoms with Gasteiger partial charge >= 0.3 is 0 Å². The first-order chi connectivity index (χ1) is 10.3. The van der Waals surface area contributed by atoms with Gasteiger partial charge < -0.3 is 10.1 Å². The molecule has 1 atom stereocenters. The maximum Gasteiger partial charge on any atom is 0.0928 e. The predicted molar refractivity (Wildman–Crippen MR) is 89.2 cm³/mol. The van der Waals surface area contributed by atoms with Gasteiger partial charge in [-0.1, -0.05) is 29.8 Å². The fourth-order valence-electron chi connectivity index (χ4n) is 2.27. The van der Waals surface area contributed by atoms with E-state index in [4.69, 9.17) is 16.3 Å². The lowest BCUT2D eigenvalue weighted by Gasteiger charge is -2.17. The van der Waals surface area contributed by atoms with Gasteiger partial charge in [0, 0.05) is 36.7 Å². The molecule has 0 saturated heterocycles. The highest BCUT2D eigenvalue weighted by Crippen LogP contribution is 2.21. The molecule has 0 aliphatic rings. The first kappa shape index (κ1) is 16.4. The van der Waals surface area contributed by atoms with Crippen LogP contribution in [0.15, 0.2) is 35.8 Å². The maximum absolute atomic E-state index is 6.28. The molecular formula is C16H21ClN2OS. The fourth-order valence-corrected chi connectivity index (χ4v) is 3.22. The number of thiazole rings is 1. The Kier molecular flexibility index (Phi) is 7.16. The summed E-state index contributed by atoms with van der Waals surface area (Å²) >= 11 is 7.99. The average Bonchev–Trinajstić information content (AvgIpc) is 2.99. The quantitative estimate of drug-likeness (QED) is 0.718. The molecule has 3 nitrogen and oxygen atoms in total. The van der Waals surface area contributed by atoms with Gasteiger partial charge in [0.15, 0.2) is 0 Å². The van der Waals surface area contributed by atoms with Crippen molar-refractivity contribution in [1.29, 1.82) is 0 Å². The first-order valence-electron chi connectivity index (χ1n) is 7.11. The van der Waals surface area contributed by atoms with Crippen molar-refractivity contribution >= 4 is 22.9 Å². The van der Waals surface area contributed by atoms with E-state index in [1.54, 1.807) is 18.4 Å². The van der Waals surface area contributed by atoms with Crippen molar-refractivity contribution in [3.63, 3.8) is 0 Å². The van der Waals surface area contributed by atoms with Crippen molar-refractivity contribution in [2.45, 2.75) is 12.8 Å².